The van der Waals surface area contributed by atoms with Crippen LogP contribution in [0.25, 0.3) is 5.57 Å². The first kappa shape index (κ1) is 20.3. The summed E-state index contributed by atoms with van der Waals surface area (Å²) in [7, 11) is -2.94. The molecule has 1 fully saturated rings. The first-order chi connectivity index (χ1) is 14.9. The van der Waals surface area contributed by atoms with Gasteiger partial charge in [0.15, 0.2) is 0 Å². The van der Waals surface area contributed by atoms with E-state index in [9.17, 15) is 0 Å². The second-order valence-electron chi connectivity index (χ2n) is 9.10. The molecule has 5 rings (SSSR count). The van der Waals surface area contributed by atoms with Gasteiger partial charge in [-0.2, -0.15) is 0 Å². The number of anilines is 1. The van der Waals surface area contributed by atoms with Gasteiger partial charge in [0.2, 0.25) is 0 Å². The quantitative estimate of drug-likeness (QED) is 0.437. The maximum Gasteiger partial charge on any atom is 0.147 e. The Morgan fingerprint density at radius 2 is 1.90 bits per heavy atom. The van der Waals surface area contributed by atoms with Gasteiger partial charge in [-0.25, -0.2) is 0 Å². The third-order valence-corrected chi connectivity index (χ3v) is 11.0. The fourth-order valence-corrected chi connectivity index (χ4v) is 9.53. The van der Waals surface area contributed by atoms with E-state index in [0.29, 0.717) is 17.3 Å². The molecule has 2 aliphatic carbocycles. The Kier molecular flexibility index (Phi) is 4.90. The van der Waals surface area contributed by atoms with Gasteiger partial charge in [-0.3, -0.25) is 0 Å². The zero-order chi connectivity index (χ0) is 21.8. The van der Waals surface area contributed by atoms with Crippen LogP contribution in [0, 0.1) is 18.3 Å². The molecule has 0 spiro atoms. The fourth-order valence-electron chi connectivity index (χ4n) is 5.61. The number of nitrogen functional groups attached to an aromatic ring is 1. The summed E-state index contributed by atoms with van der Waals surface area (Å²) in [6.07, 6.45) is 9.93. The van der Waals surface area contributed by atoms with Gasteiger partial charge in [-0.1, -0.05) is 49.8 Å². The predicted molar refractivity (Wildman–Crippen MR) is 132 cm³/mol. The minimum atomic E-state index is -2.94. The van der Waals surface area contributed by atoms with Gasteiger partial charge in [-0.05, 0) is 84.2 Å². The van der Waals surface area contributed by atoms with Crippen LogP contribution in [0.5, 0.6) is 0 Å². The average Bonchev–Trinajstić information content (AvgIpc) is 3.26. The van der Waals surface area contributed by atoms with E-state index >= 15 is 4.57 Å². The van der Waals surface area contributed by atoms with Crippen molar-refractivity contribution in [3.63, 3.8) is 0 Å². The first-order valence-electron chi connectivity index (χ1n) is 11.2. The Balaban J connectivity index is 1.84. The molecule has 0 saturated heterocycles. The van der Waals surface area contributed by atoms with E-state index in [0.717, 1.165) is 58.6 Å². The second kappa shape index (κ2) is 7.50. The summed E-state index contributed by atoms with van der Waals surface area (Å²) >= 11 is 0. The van der Waals surface area contributed by atoms with Crippen molar-refractivity contribution in [1.82, 2.24) is 0 Å². The molecule has 1 heterocycles. The molecule has 3 unspecified atom stereocenters. The van der Waals surface area contributed by atoms with Crippen LogP contribution < -0.4 is 11.0 Å². The van der Waals surface area contributed by atoms with E-state index in [-0.39, 0.29) is 5.66 Å². The molecule has 1 aliphatic heterocycles. The fraction of sp³-hybridized carbons (Fsp3) is 0.296. The number of allylic oxidation sites excluding steroid dienone is 5. The Bertz CT molecular complexity index is 1230. The zero-order valence-electron chi connectivity index (χ0n) is 18.2. The molecule has 3 atom stereocenters. The lowest BCUT2D eigenvalue weighted by Gasteiger charge is -2.37. The molecule has 31 heavy (non-hydrogen) atoms. The summed E-state index contributed by atoms with van der Waals surface area (Å²) in [4.78, 5) is 0. The van der Waals surface area contributed by atoms with Gasteiger partial charge in [0.1, 0.15) is 7.14 Å². The number of fused-ring (bicyclic) bond motifs is 2. The summed E-state index contributed by atoms with van der Waals surface area (Å²) in [5.74, 6) is 0.629. The topological polar surface area (TPSA) is 66.9 Å². The van der Waals surface area contributed by atoms with Gasteiger partial charge < -0.3 is 15.7 Å². The van der Waals surface area contributed by atoms with E-state index < -0.39 is 7.14 Å². The summed E-state index contributed by atoms with van der Waals surface area (Å²) in [5.41, 5.74) is 12.9. The minimum absolute atomic E-state index is 0.122. The summed E-state index contributed by atoms with van der Waals surface area (Å²) in [5, 5.41) is 10.1. The average molecular weight is 429 g/mol. The van der Waals surface area contributed by atoms with Crippen LogP contribution in [0.15, 0.2) is 71.6 Å². The maximum absolute atomic E-state index is 15.2. The van der Waals surface area contributed by atoms with Crippen LogP contribution in [-0.4, -0.2) is 11.4 Å². The van der Waals surface area contributed by atoms with Crippen molar-refractivity contribution in [3.8, 4) is 0 Å². The number of aryl methyl sites for hydroxylation is 1. The minimum Gasteiger partial charge on any atom is -0.399 e. The van der Waals surface area contributed by atoms with Crippen molar-refractivity contribution in [2.75, 3.05) is 5.73 Å². The molecule has 3 nitrogen and oxygen atoms in total. The molecule has 158 valence electrons. The molecule has 4 heteroatoms. The number of rotatable bonds is 3. The van der Waals surface area contributed by atoms with E-state index in [2.05, 4.69) is 38.1 Å². The summed E-state index contributed by atoms with van der Waals surface area (Å²) in [6, 6.07) is 14.3. The van der Waals surface area contributed by atoms with Gasteiger partial charge in [0.25, 0.3) is 0 Å². The molecule has 0 bridgehead atoms. The lowest BCUT2D eigenvalue weighted by molar-refractivity contribution is 0.527. The summed E-state index contributed by atoms with van der Waals surface area (Å²) in [6.45, 7) is 4.35. The van der Waals surface area contributed by atoms with Crippen LogP contribution in [0.2, 0.25) is 0 Å². The SMILES string of the molecule is CCC1CCC(P2(=O)C3=CC(=N)C=CC3=C(c3ccccc3C)c3ccc(N)cc32)C1. The second-order valence-corrected chi connectivity index (χ2v) is 12.1. The standard InChI is InChI=1S/C27H29N2OP/c1-3-18-8-11-21(14-18)31(30)25-15-19(28)9-12-23(25)27(22-7-5-4-6-17(22)2)24-13-10-20(29)16-26(24)31/h4-7,9-10,12-13,15-16,18,21,28H,3,8,11,14,29H2,1-2H3. The van der Waals surface area contributed by atoms with Gasteiger partial charge >= 0.3 is 0 Å². The predicted octanol–water partition coefficient (Wildman–Crippen LogP) is 6.43. The van der Waals surface area contributed by atoms with E-state index in [1.165, 1.54) is 5.56 Å². The highest BCUT2D eigenvalue weighted by molar-refractivity contribution is 7.76. The van der Waals surface area contributed by atoms with Crippen molar-refractivity contribution < 1.29 is 4.57 Å². The molecule has 0 amide bonds. The molecular formula is C27H29N2OP. The monoisotopic (exact) mass is 428 g/mol. The third kappa shape index (κ3) is 3.10. The maximum atomic E-state index is 15.2. The lowest BCUT2D eigenvalue weighted by Crippen LogP contribution is -2.27. The van der Waals surface area contributed by atoms with Gasteiger partial charge in [0, 0.05) is 22.0 Å². The van der Waals surface area contributed by atoms with Crippen LogP contribution in [-0.2, 0) is 4.57 Å². The molecule has 2 aromatic rings. The van der Waals surface area contributed by atoms with Crippen LogP contribution in [0.1, 0.15) is 49.3 Å². The zero-order valence-corrected chi connectivity index (χ0v) is 19.1. The van der Waals surface area contributed by atoms with Gasteiger partial charge in [-0.15, -0.1) is 0 Å². The number of benzene rings is 2. The van der Waals surface area contributed by atoms with Crippen LogP contribution in [0.3, 0.4) is 0 Å². The number of nitrogens with one attached hydrogen (secondary N) is 1. The normalized spacial score (nSPS) is 27.2. The smallest absolute Gasteiger partial charge is 0.147 e. The van der Waals surface area contributed by atoms with E-state index in [4.69, 9.17) is 11.1 Å². The number of hydrogen-bond donors (Lipinski definition) is 2. The van der Waals surface area contributed by atoms with Gasteiger partial charge in [0.05, 0.1) is 5.71 Å². The molecular weight excluding hydrogens is 399 g/mol. The highest BCUT2D eigenvalue weighted by Gasteiger charge is 2.47. The van der Waals surface area contributed by atoms with Crippen molar-refractivity contribution in [1.29, 1.82) is 5.41 Å². The Morgan fingerprint density at radius 3 is 2.65 bits per heavy atom. The Morgan fingerprint density at radius 1 is 1.10 bits per heavy atom. The lowest BCUT2D eigenvalue weighted by atomic mass is 9.88. The number of nitrogens with two attached hydrogens (primary N) is 1. The van der Waals surface area contributed by atoms with Crippen molar-refractivity contribution in [2.45, 2.75) is 45.2 Å². The Labute approximate surface area is 184 Å². The molecule has 0 radical (unpaired) electrons. The highest BCUT2D eigenvalue weighted by Crippen LogP contribution is 2.68. The van der Waals surface area contributed by atoms with Crippen LogP contribution >= 0.6 is 7.14 Å². The summed E-state index contributed by atoms with van der Waals surface area (Å²) < 4.78 is 15.2. The van der Waals surface area contributed by atoms with Crippen LogP contribution in [0.4, 0.5) is 5.69 Å². The highest BCUT2D eigenvalue weighted by atomic mass is 31.2. The Hall–Kier alpha value is -2.64. The molecule has 3 N–H and O–H groups in total. The molecule has 0 aromatic heterocycles. The molecule has 3 aliphatic rings. The first-order valence-corrected chi connectivity index (χ1v) is 13.0. The van der Waals surface area contributed by atoms with E-state index in [1.807, 2.05) is 36.4 Å². The van der Waals surface area contributed by atoms with E-state index in [1.54, 1.807) is 0 Å². The van der Waals surface area contributed by atoms with Crippen molar-refractivity contribution >= 4 is 29.4 Å². The third-order valence-electron chi connectivity index (χ3n) is 7.29. The number of hydrogen-bond acceptors (Lipinski definition) is 3. The molecule has 2 aromatic carbocycles. The molecule has 1 saturated carbocycles. The van der Waals surface area contributed by atoms with Crippen molar-refractivity contribution in [3.05, 3.63) is 88.3 Å². The largest absolute Gasteiger partial charge is 0.399 e. The van der Waals surface area contributed by atoms with Crippen molar-refractivity contribution in [2.24, 2.45) is 5.92 Å².